The molecule has 0 spiro atoms. The predicted octanol–water partition coefficient (Wildman–Crippen LogP) is 6.38. The van der Waals surface area contributed by atoms with Crippen molar-refractivity contribution in [2.45, 2.75) is 58.0 Å². The van der Waals surface area contributed by atoms with Crippen molar-refractivity contribution in [3.05, 3.63) is 113 Å². The van der Waals surface area contributed by atoms with E-state index in [1.807, 2.05) is 51.1 Å². The van der Waals surface area contributed by atoms with Crippen LogP contribution in [0, 0.1) is 5.82 Å². The average molecular weight is 721 g/mol. The number of anilines is 1. The van der Waals surface area contributed by atoms with Crippen molar-refractivity contribution >= 4 is 23.7 Å². The number of fused-ring (bicyclic) bond motifs is 1. The number of alkyl halides is 3. The van der Waals surface area contributed by atoms with Gasteiger partial charge >= 0.3 is 12.3 Å². The van der Waals surface area contributed by atoms with Crippen LogP contribution in [0.4, 0.5) is 28.2 Å². The minimum absolute atomic E-state index is 0.185. The summed E-state index contributed by atoms with van der Waals surface area (Å²) >= 11 is 0. The molecule has 0 radical (unpaired) electrons. The Morgan fingerprint density at radius 3 is 2.21 bits per heavy atom. The van der Waals surface area contributed by atoms with E-state index in [1.54, 1.807) is 16.5 Å². The maximum Gasteiger partial charge on any atom is 0.416 e. The Labute approximate surface area is 298 Å². The summed E-state index contributed by atoms with van der Waals surface area (Å²) in [5.41, 5.74) is 0.477. The molecule has 1 N–H and O–H groups in total. The van der Waals surface area contributed by atoms with Crippen molar-refractivity contribution in [2.24, 2.45) is 0 Å². The van der Waals surface area contributed by atoms with E-state index in [0.717, 1.165) is 18.2 Å². The van der Waals surface area contributed by atoms with Gasteiger partial charge in [-0.15, -0.1) is 0 Å². The van der Waals surface area contributed by atoms with Crippen molar-refractivity contribution in [3.63, 3.8) is 0 Å². The lowest BCUT2D eigenvalue weighted by Gasteiger charge is -2.39. The van der Waals surface area contributed by atoms with Crippen LogP contribution in [0.15, 0.2) is 78.9 Å². The minimum atomic E-state index is -4.68. The second-order valence-corrected chi connectivity index (χ2v) is 13.8. The molecule has 0 bridgehead atoms. The summed E-state index contributed by atoms with van der Waals surface area (Å²) in [7, 11) is 0. The Morgan fingerprint density at radius 1 is 0.923 bits per heavy atom. The number of nitrogens with zero attached hydrogens (tertiary/aromatic N) is 5. The molecular weight excluding hydrogens is 680 g/mol. The van der Waals surface area contributed by atoms with Crippen LogP contribution in [0.5, 0.6) is 0 Å². The third kappa shape index (κ3) is 7.66. The molecule has 14 heteroatoms. The van der Waals surface area contributed by atoms with Gasteiger partial charge in [-0.25, -0.2) is 13.9 Å². The van der Waals surface area contributed by atoms with E-state index in [9.17, 15) is 31.9 Å². The summed E-state index contributed by atoms with van der Waals surface area (Å²) in [5.74, 6) is -2.30. The van der Waals surface area contributed by atoms with Crippen LogP contribution in [0.2, 0.25) is 0 Å². The number of rotatable bonds is 7. The summed E-state index contributed by atoms with van der Waals surface area (Å²) < 4.78 is 62.3. The fraction of sp³-hybridized carbons (Fsp3) is 0.368. The van der Waals surface area contributed by atoms with Gasteiger partial charge in [0.25, 0.3) is 11.8 Å². The quantitative estimate of drug-likeness (QED) is 0.223. The molecule has 6 rings (SSSR count). The van der Waals surface area contributed by atoms with Crippen molar-refractivity contribution in [2.75, 3.05) is 37.6 Å². The van der Waals surface area contributed by atoms with Crippen LogP contribution in [0.25, 0.3) is 5.69 Å². The Morgan fingerprint density at radius 2 is 1.60 bits per heavy atom. The highest BCUT2D eigenvalue weighted by molar-refractivity contribution is 6.05. The molecule has 3 amide bonds. The highest BCUT2D eigenvalue weighted by atomic mass is 19.4. The molecule has 2 atom stereocenters. The Balaban J connectivity index is 1.43. The molecule has 10 nitrogen and oxygen atoms in total. The van der Waals surface area contributed by atoms with E-state index in [0.29, 0.717) is 61.0 Å². The molecule has 3 heterocycles. The molecule has 52 heavy (non-hydrogen) atoms. The summed E-state index contributed by atoms with van der Waals surface area (Å²) in [6.07, 6.45) is -5.08. The number of piperazine rings is 1. The first-order valence-corrected chi connectivity index (χ1v) is 17.1. The number of carbonyl (C=O) groups is 3. The van der Waals surface area contributed by atoms with Gasteiger partial charge in [0, 0.05) is 56.3 Å². The van der Waals surface area contributed by atoms with Crippen molar-refractivity contribution < 1.29 is 36.7 Å². The monoisotopic (exact) mass is 720 g/mol. The van der Waals surface area contributed by atoms with Crippen LogP contribution in [-0.2, 0) is 22.3 Å². The third-order valence-corrected chi connectivity index (χ3v) is 9.09. The minimum Gasteiger partial charge on any atom is -0.444 e. The molecular formula is C38H40F4N6O4. The van der Waals surface area contributed by atoms with Crippen LogP contribution < -0.4 is 10.2 Å². The standard InChI is InChI=1S/C38H40F4N6O4/c1-5-47-34-31(29(44-48(34)28-12-7-6-8-13-28)23-45-18-20-46(21-19-45)36(51)52-37(2,3)4)30(24-14-16-27(39)17-15-24)32(35(47)50)43-33(49)25-10-9-11-26(22-25)38(40,41)42/h6-17,22,30,32H,5,18-21,23H2,1-4H3,(H,43,49). The number of nitrogens with one attached hydrogen (secondary N) is 1. The normalized spacial score (nSPS) is 18.3. The number of hydrogen-bond acceptors (Lipinski definition) is 6. The zero-order valence-corrected chi connectivity index (χ0v) is 29.3. The number of likely N-dealkylation sites (N-methyl/N-ethyl adjacent to an activating group) is 1. The second-order valence-electron chi connectivity index (χ2n) is 13.8. The van der Waals surface area contributed by atoms with E-state index in [-0.39, 0.29) is 12.1 Å². The van der Waals surface area contributed by atoms with E-state index in [1.165, 1.54) is 35.2 Å². The zero-order valence-electron chi connectivity index (χ0n) is 29.3. The van der Waals surface area contributed by atoms with Gasteiger partial charge < -0.3 is 15.0 Å². The molecule has 0 saturated carbocycles. The van der Waals surface area contributed by atoms with E-state index in [2.05, 4.69) is 10.2 Å². The predicted molar refractivity (Wildman–Crippen MR) is 186 cm³/mol. The first-order valence-electron chi connectivity index (χ1n) is 17.1. The zero-order chi connectivity index (χ0) is 37.4. The van der Waals surface area contributed by atoms with Crippen LogP contribution in [0.1, 0.15) is 66.4 Å². The number of halogens is 4. The topological polar surface area (TPSA) is 100 Å². The SMILES string of the molecule is CCN1C(=O)C(NC(=O)c2cccc(C(F)(F)F)c2)C(c2ccc(F)cc2)c2c(CN3CCN(C(=O)OC(C)(C)C)CC3)nn(-c3ccccc3)c21. The Kier molecular flexibility index (Phi) is 10.1. The lowest BCUT2D eigenvalue weighted by Crippen LogP contribution is -2.55. The highest BCUT2D eigenvalue weighted by Crippen LogP contribution is 2.44. The number of aromatic nitrogens is 2. The lowest BCUT2D eigenvalue weighted by atomic mass is 9.80. The largest absolute Gasteiger partial charge is 0.444 e. The van der Waals surface area contributed by atoms with Crippen LogP contribution >= 0.6 is 0 Å². The number of carbonyl (C=O) groups excluding carboxylic acids is 3. The summed E-state index contributed by atoms with van der Waals surface area (Å²) in [6, 6.07) is 17.5. The van der Waals surface area contributed by atoms with Gasteiger partial charge in [-0.1, -0.05) is 36.4 Å². The summed E-state index contributed by atoms with van der Waals surface area (Å²) in [4.78, 5) is 46.3. The first-order chi connectivity index (χ1) is 24.6. The lowest BCUT2D eigenvalue weighted by molar-refractivity contribution is -0.137. The highest BCUT2D eigenvalue weighted by Gasteiger charge is 2.46. The second kappa shape index (κ2) is 14.4. The molecule has 2 aliphatic heterocycles. The van der Waals surface area contributed by atoms with Gasteiger partial charge in [-0.2, -0.15) is 18.3 Å². The molecule has 1 saturated heterocycles. The molecule has 1 fully saturated rings. The van der Waals surface area contributed by atoms with Gasteiger partial charge in [0.1, 0.15) is 23.3 Å². The van der Waals surface area contributed by atoms with Gasteiger partial charge in [0.05, 0.1) is 16.9 Å². The fourth-order valence-corrected chi connectivity index (χ4v) is 6.66. The smallest absolute Gasteiger partial charge is 0.416 e. The number of ether oxygens (including phenoxy) is 1. The molecule has 1 aromatic heterocycles. The maximum absolute atomic E-state index is 14.5. The maximum atomic E-state index is 14.5. The first kappa shape index (κ1) is 36.5. The fourth-order valence-electron chi connectivity index (χ4n) is 6.66. The molecule has 4 aromatic rings. The number of amides is 3. The van der Waals surface area contributed by atoms with Crippen LogP contribution in [-0.4, -0.2) is 81.9 Å². The van der Waals surface area contributed by atoms with Gasteiger partial charge in [-0.05, 0) is 75.7 Å². The molecule has 3 aromatic carbocycles. The Hall–Kier alpha value is -5.24. The third-order valence-electron chi connectivity index (χ3n) is 9.09. The Bertz CT molecular complexity index is 1930. The summed E-state index contributed by atoms with van der Waals surface area (Å²) in [5, 5.41) is 7.81. The molecule has 2 aliphatic rings. The van der Waals surface area contributed by atoms with Crippen LogP contribution in [0.3, 0.4) is 0 Å². The molecule has 2 unspecified atom stereocenters. The van der Waals surface area contributed by atoms with Crippen molar-refractivity contribution in [1.29, 1.82) is 0 Å². The van der Waals surface area contributed by atoms with Gasteiger partial charge in [0.2, 0.25) is 0 Å². The molecule has 274 valence electrons. The van der Waals surface area contributed by atoms with E-state index < -0.39 is 53.0 Å². The average Bonchev–Trinajstić information content (AvgIpc) is 3.47. The van der Waals surface area contributed by atoms with Crippen molar-refractivity contribution in [1.82, 2.24) is 24.9 Å². The van der Waals surface area contributed by atoms with Crippen molar-refractivity contribution in [3.8, 4) is 5.69 Å². The number of benzene rings is 3. The van der Waals surface area contributed by atoms with E-state index >= 15 is 0 Å². The van der Waals surface area contributed by atoms with Gasteiger partial charge in [-0.3, -0.25) is 19.4 Å². The number of hydrogen-bond donors (Lipinski definition) is 1. The van der Waals surface area contributed by atoms with E-state index in [4.69, 9.17) is 9.84 Å². The number of para-hydroxylation sites is 1. The molecule has 0 aliphatic carbocycles. The van der Waals surface area contributed by atoms with Gasteiger partial charge in [0.15, 0.2) is 0 Å². The summed E-state index contributed by atoms with van der Waals surface area (Å²) in [6.45, 7) is 9.52.